The van der Waals surface area contributed by atoms with E-state index >= 15 is 0 Å². The molecule has 32 heavy (non-hydrogen) atoms. The average Bonchev–Trinajstić information content (AvgIpc) is 3.25. The first kappa shape index (κ1) is 24.2. The van der Waals surface area contributed by atoms with E-state index in [1.807, 2.05) is 0 Å². The lowest BCUT2D eigenvalue weighted by atomic mass is 10.2. The molecule has 1 fully saturated rings. The second-order valence-corrected chi connectivity index (χ2v) is 11.5. The van der Waals surface area contributed by atoms with E-state index in [1.165, 1.54) is 51.5 Å². The van der Waals surface area contributed by atoms with Crippen molar-refractivity contribution in [2.45, 2.75) is 41.5 Å². The van der Waals surface area contributed by atoms with Crippen LogP contribution in [0, 0.1) is 0 Å². The van der Waals surface area contributed by atoms with E-state index in [0.717, 1.165) is 30.0 Å². The fourth-order valence-corrected chi connectivity index (χ4v) is 6.08. The average molecular weight is 482 g/mol. The summed E-state index contributed by atoms with van der Waals surface area (Å²) in [7, 11) is -3.57. The Hall–Kier alpha value is -2.47. The van der Waals surface area contributed by atoms with Gasteiger partial charge in [0.05, 0.1) is 12.8 Å². The van der Waals surface area contributed by atoms with Crippen LogP contribution in [0.2, 0.25) is 0 Å². The molecule has 0 aromatic heterocycles. The maximum Gasteiger partial charge on any atom is 0.255 e. The van der Waals surface area contributed by atoms with E-state index in [1.54, 1.807) is 12.1 Å². The lowest BCUT2D eigenvalue weighted by molar-refractivity contribution is 0.102. The molecule has 2 aromatic carbocycles. The minimum Gasteiger partial charge on any atom is -0.495 e. The van der Waals surface area contributed by atoms with Crippen LogP contribution in [0.1, 0.15) is 36.0 Å². The summed E-state index contributed by atoms with van der Waals surface area (Å²) in [4.78, 5) is 12.7. The molecule has 0 radical (unpaired) electrons. The normalized spacial score (nSPS) is 15.1. The highest BCUT2D eigenvalue weighted by molar-refractivity contribution is 7.89. The highest BCUT2D eigenvalue weighted by atomic mass is 32.2. The molecule has 1 aliphatic carbocycles. The molecular formula is C21H27N3O6S2. The number of hydrogen-bond acceptors (Lipinski definition) is 6. The minimum atomic E-state index is -3.92. The number of carbonyl (C=O) groups is 1. The van der Waals surface area contributed by atoms with Crippen molar-refractivity contribution in [1.82, 2.24) is 9.03 Å². The van der Waals surface area contributed by atoms with Gasteiger partial charge in [-0.3, -0.25) is 4.79 Å². The molecule has 11 heteroatoms. The number of methoxy groups -OCH3 is 1. The molecule has 0 unspecified atom stereocenters. The number of para-hydroxylation sites is 1. The molecule has 0 spiro atoms. The summed E-state index contributed by atoms with van der Waals surface area (Å²) in [6.07, 6.45) is 3.45. The van der Waals surface area contributed by atoms with Gasteiger partial charge in [0.1, 0.15) is 15.5 Å². The molecule has 1 saturated carbocycles. The number of sulfonamides is 2. The molecule has 2 aromatic rings. The van der Waals surface area contributed by atoms with Gasteiger partial charge >= 0.3 is 0 Å². The summed E-state index contributed by atoms with van der Waals surface area (Å²) in [5.41, 5.74) is 0.144. The zero-order valence-corrected chi connectivity index (χ0v) is 19.8. The third-order valence-corrected chi connectivity index (χ3v) is 8.70. The maximum atomic E-state index is 13.0. The number of anilines is 1. The predicted molar refractivity (Wildman–Crippen MR) is 121 cm³/mol. The van der Waals surface area contributed by atoms with E-state index in [9.17, 15) is 21.6 Å². The quantitative estimate of drug-likeness (QED) is 0.597. The van der Waals surface area contributed by atoms with Crippen LogP contribution in [0.15, 0.2) is 52.3 Å². The minimum absolute atomic E-state index is 0.0506. The standard InChI is InChI=1S/C21H27N3O6S2/c1-24(2)32(28,29)19-11-7-6-10-17(19)22-21(25)15-12-13-18(30-3)20(14-15)31(26,27)23-16-8-4-5-9-16/h6-7,10-14,16,23H,4-5,8-9H2,1-3H3,(H,22,25). The van der Waals surface area contributed by atoms with Crippen LogP contribution < -0.4 is 14.8 Å². The van der Waals surface area contributed by atoms with Crippen molar-refractivity contribution in [3.63, 3.8) is 0 Å². The third-order valence-electron chi connectivity index (χ3n) is 5.29. The monoisotopic (exact) mass is 481 g/mol. The first-order valence-corrected chi connectivity index (χ1v) is 13.0. The first-order chi connectivity index (χ1) is 15.1. The molecular weight excluding hydrogens is 454 g/mol. The van der Waals surface area contributed by atoms with Gasteiger partial charge in [-0.05, 0) is 43.2 Å². The van der Waals surface area contributed by atoms with Crippen LogP contribution in [0.3, 0.4) is 0 Å². The summed E-state index contributed by atoms with van der Waals surface area (Å²) in [6, 6.07) is 9.92. The number of benzene rings is 2. The van der Waals surface area contributed by atoms with Gasteiger partial charge in [0, 0.05) is 25.7 Å². The molecule has 1 amide bonds. The van der Waals surface area contributed by atoms with E-state index < -0.39 is 26.0 Å². The molecule has 2 N–H and O–H groups in total. The Labute approximate surface area is 188 Å². The van der Waals surface area contributed by atoms with E-state index in [0.29, 0.717) is 0 Å². The number of amides is 1. The Morgan fingerprint density at radius 2 is 1.66 bits per heavy atom. The molecule has 0 saturated heterocycles. The fourth-order valence-electron chi connectivity index (χ4n) is 3.54. The SMILES string of the molecule is COc1ccc(C(=O)Nc2ccccc2S(=O)(=O)N(C)C)cc1S(=O)(=O)NC1CCCC1. The van der Waals surface area contributed by atoms with E-state index in [2.05, 4.69) is 10.0 Å². The zero-order chi connectivity index (χ0) is 23.5. The Bertz CT molecular complexity index is 1200. The van der Waals surface area contributed by atoms with E-state index in [4.69, 9.17) is 4.74 Å². The fraction of sp³-hybridized carbons (Fsp3) is 0.381. The van der Waals surface area contributed by atoms with Crippen molar-refractivity contribution in [3.8, 4) is 5.75 Å². The number of nitrogens with zero attached hydrogens (tertiary/aromatic N) is 1. The van der Waals surface area contributed by atoms with Crippen LogP contribution in [-0.4, -0.2) is 54.3 Å². The zero-order valence-electron chi connectivity index (χ0n) is 18.2. The van der Waals surface area contributed by atoms with Gasteiger partial charge in [0.25, 0.3) is 5.91 Å². The number of carbonyl (C=O) groups excluding carboxylic acids is 1. The van der Waals surface area contributed by atoms with Gasteiger partial charge in [-0.15, -0.1) is 0 Å². The van der Waals surface area contributed by atoms with Crippen molar-refractivity contribution in [2.75, 3.05) is 26.5 Å². The maximum absolute atomic E-state index is 13.0. The predicted octanol–water partition coefficient (Wildman–Crippen LogP) is 2.42. The highest BCUT2D eigenvalue weighted by Crippen LogP contribution is 2.28. The summed E-state index contributed by atoms with van der Waals surface area (Å²) >= 11 is 0. The summed E-state index contributed by atoms with van der Waals surface area (Å²) in [5.74, 6) is -0.533. The van der Waals surface area contributed by atoms with Gasteiger partial charge in [-0.1, -0.05) is 25.0 Å². The summed E-state index contributed by atoms with van der Waals surface area (Å²) in [6.45, 7) is 0. The van der Waals surface area contributed by atoms with Crippen LogP contribution in [0.5, 0.6) is 5.75 Å². The molecule has 0 bridgehead atoms. The van der Waals surface area contributed by atoms with Crippen LogP contribution >= 0.6 is 0 Å². The molecule has 174 valence electrons. The molecule has 1 aliphatic rings. The van der Waals surface area contributed by atoms with Crippen molar-refractivity contribution < 1.29 is 26.4 Å². The van der Waals surface area contributed by atoms with Gasteiger partial charge in [-0.25, -0.2) is 25.9 Å². The summed E-state index contributed by atoms with van der Waals surface area (Å²) in [5, 5.41) is 2.58. The van der Waals surface area contributed by atoms with E-state index in [-0.39, 0.29) is 32.8 Å². The molecule has 3 rings (SSSR count). The number of nitrogens with one attached hydrogen (secondary N) is 2. The Morgan fingerprint density at radius 1 is 1.00 bits per heavy atom. The second-order valence-electron chi connectivity index (χ2n) is 7.71. The van der Waals surface area contributed by atoms with Crippen LogP contribution in [0.25, 0.3) is 0 Å². The van der Waals surface area contributed by atoms with Crippen molar-refractivity contribution in [1.29, 1.82) is 0 Å². The number of rotatable bonds is 8. The lowest BCUT2D eigenvalue weighted by Gasteiger charge is -2.17. The Kier molecular flexibility index (Phi) is 7.23. The van der Waals surface area contributed by atoms with Crippen LogP contribution in [0.4, 0.5) is 5.69 Å². The van der Waals surface area contributed by atoms with Crippen molar-refractivity contribution in [3.05, 3.63) is 48.0 Å². The largest absolute Gasteiger partial charge is 0.495 e. The van der Waals surface area contributed by atoms with Gasteiger partial charge in [0.2, 0.25) is 20.0 Å². The molecule has 0 heterocycles. The van der Waals surface area contributed by atoms with Crippen molar-refractivity contribution >= 4 is 31.6 Å². The Morgan fingerprint density at radius 3 is 2.28 bits per heavy atom. The topological polar surface area (TPSA) is 122 Å². The Balaban J connectivity index is 1.93. The molecule has 0 aliphatic heterocycles. The third kappa shape index (κ3) is 5.12. The smallest absolute Gasteiger partial charge is 0.255 e. The molecule has 9 nitrogen and oxygen atoms in total. The summed E-state index contributed by atoms with van der Waals surface area (Å²) < 4.78 is 60.0. The second kappa shape index (κ2) is 9.57. The number of hydrogen-bond donors (Lipinski definition) is 2. The molecule has 0 atom stereocenters. The van der Waals surface area contributed by atoms with Gasteiger partial charge in [0.15, 0.2) is 0 Å². The van der Waals surface area contributed by atoms with Gasteiger partial charge in [-0.2, -0.15) is 0 Å². The van der Waals surface area contributed by atoms with Crippen molar-refractivity contribution in [2.24, 2.45) is 0 Å². The first-order valence-electron chi connectivity index (χ1n) is 10.1. The highest BCUT2D eigenvalue weighted by Gasteiger charge is 2.27. The number of ether oxygens (including phenoxy) is 1. The van der Waals surface area contributed by atoms with Crippen LogP contribution in [-0.2, 0) is 20.0 Å². The van der Waals surface area contributed by atoms with Gasteiger partial charge < -0.3 is 10.1 Å². The lowest BCUT2D eigenvalue weighted by Crippen LogP contribution is -2.33.